The van der Waals surface area contributed by atoms with Crippen molar-refractivity contribution < 1.29 is 0 Å². The molecule has 3 heterocycles. The van der Waals surface area contributed by atoms with Crippen molar-refractivity contribution in [2.45, 2.75) is 38.1 Å². The summed E-state index contributed by atoms with van der Waals surface area (Å²) in [6.45, 7) is 7.72. The highest BCUT2D eigenvalue weighted by Gasteiger charge is 2.23. The molecule has 152 valence electrons. The first-order valence-corrected chi connectivity index (χ1v) is 11.0. The zero-order valence-electron chi connectivity index (χ0n) is 16.5. The van der Waals surface area contributed by atoms with E-state index in [2.05, 4.69) is 32.3 Å². The molecule has 0 aliphatic carbocycles. The number of hydrogen-bond donors (Lipinski definition) is 2. The lowest BCUT2D eigenvalue weighted by atomic mass is 10.1. The quantitative estimate of drug-likeness (QED) is 0.559. The summed E-state index contributed by atoms with van der Waals surface area (Å²) in [5.41, 5.74) is 7.70. The lowest BCUT2D eigenvalue weighted by molar-refractivity contribution is 0.343. The standard InChI is InChI=1S/C19H30N8S/c1-22-27-17(24-16-6-10-26(28-2)11-7-16)14-23-18(15(12-20)13-21)19(27)25-8-4-3-5-9-25/h12-14,16,20H,1,3-11,21H2,2H3/b15-13+,20-12?,24-17-. The Hall–Kier alpha value is -2.13. The van der Waals surface area contributed by atoms with Crippen molar-refractivity contribution in [3.8, 4) is 0 Å². The van der Waals surface area contributed by atoms with Gasteiger partial charge in [-0.3, -0.25) is 9.30 Å². The number of rotatable bonds is 6. The van der Waals surface area contributed by atoms with Crippen LogP contribution in [0.25, 0.3) is 5.57 Å². The number of allylic oxidation sites excluding steroid dienone is 1. The summed E-state index contributed by atoms with van der Waals surface area (Å²) in [7, 11) is 0. The first-order valence-electron chi connectivity index (χ1n) is 9.81. The van der Waals surface area contributed by atoms with Crippen molar-refractivity contribution in [3.63, 3.8) is 0 Å². The van der Waals surface area contributed by atoms with Gasteiger partial charge in [-0.2, -0.15) is 9.78 Å². The molecular weight excluding hydrogens is 372 g/mol. The van der Waals surface area contributed by atoms with Crippen molar-refractivity contribution in [2.75, 3.05) is 37.3 Å². The molecule has 0 spiro atoms. The molecule has 0 atom stereocenters. The van der Waals surface area contributed by atoms with Gasteiger partial charge in [-0.1, -0.05) is 11.9 Å². The fourth-order valence-electron chi connectivity index (χ4n) is 3.80. The van der Waals surface area contributed by atoms with Gasteiger partial charge in [0.1, 0.15) is 5.69 Å². The van der Waals surface area contributed by atoms with Crippen LogP contribution in [0.4, 0.5) is 5.82 Å². The molecule has 2 fully saturated rings. The molecule has 3 rings (SSSR count). The number of nitrogens with two attached hydrogens (primary N) is 1. The first kappa shape index (κ1) is 20.6. The van der Waals surface area contributed by atoms with Crippen LogP contribution in [0, 0.1) is 5.41 Å². The maximum atomic E-state index is 7.71. The van der Waals surface area contributed by atoms with E-state index in [0.29, 0.717) is 16.8 Å². The normalized spacial score (nSPS) is 20.4. The molecule has 1 aromatic rings. The summed E-state index contributed by atoms with van der Waals surface area (Å²) in [4.78, 5) is 11.9. The van der Waals surface area contributed by atoms with E-state index >= 15 is 0 Å². The van der Waals surface area contributed by atoms with E-state index < -0.39 is 0 Å². The van der Waals surface area contributed by atoms with Gasteiger partial charge in [-0.05, 0) is 38.4 Å². The van der Waals surface area contributed by atoms with Gasteiger partial charge in [0.2, 0.25) is 0 Å². The number of piperidine rings is 2. The largest absolute Gasteiger partial charge is 0.404 e. The summed E-state index contributed by atoms with van der Waals surface area (Å²) >= 11 is 1.79. The lowest BCUT2D eigenvalue weighted by Crippen LogP contribution is -2.37. The monoisotopic (exact) mass is 402 g/mol. The number of nitrogens with one attached hydrogen (secondary N) is 1. The molecule has 0 saturated carbocycles. The molecule has 3 N–H and O–H groups in total. The molecule has 2 saturated heterocycles. The van der Waals surface area contributed by atoms with Crippen LogP contribution in [0.5, 0.6) is 0 Å². The van der Waals surface area contributed by atoms with E-state index in [0.717, 1.165) is 57.7 Å². The topological polar surface area (TPSA) is 98.9 Å². The molecule has 2 aliphatic heterocycles. The lowest BCUT2D eigenvalue weighted by Gasteiger charge is -2.31. The molecule has 0 amide bonds. The Bertz CT molecular complexity index is 786. The molecule has 28 heavy (non-hydrogen) atoms. The third kappa shape index (κ3) is 4.47. The van der Waals surface area contributed by atoms with Gasteiger partial charge in [0.05, 0.1) is 12.2 Å². The summed E-state index contributed by atoms with van der Waals surface area (Å²) in [6.07, 6.45) is 12.0. The second kappa shape index (κ2) is 9.88. The fourth-order valence-corrected chi connectivity index (χ4v) is 4.38. The summed E-state index contributed by atoms with van der Waals surface area (Å²) in [5, 5.41) is 12.0. The van der Waals surface area contributed by atoms with E-state index in [1.54, 1.807) is 22.8 Å². The predicted molar refractivity (Wildman–Crippen MR) is 118 cm³/mol. The Balaban J connectivity index is 2.05. The molecule has 0 aromatic carbocycles. The minimum Gasteiger partial charge on any atom is -0.404 e. The Morgan fingerprint density at radius 2 is 2.00 bits per heavy atom. The molecule has 0 bridgehead atoms. The van der Waals surface area contributed by atoms with E-state index in [4.69, 9.17) is 16.1 Å². The second-order valence-electron chi connectivity index (χ2n) is 7.03. The van der Waals surface area contributed by atoms with E-state index in [1.165, 1.54) is 18.8 Å². The van der Waals surface area contributed by atoms with Crippen LogP contribution in [-0.2, 0) is 0 Å². The second-order valence-corrected chi connectivity index (χ2v) is 7.91. The zero-order valence-corrected chi connectivity index (χ0v) is 17.4. The molecule has 2 aliphatic rings. The van der Waals surface area contributed by atoms with Crippen LogP contribution < -0.4 is 16.1 Å². The number of aromatic nitrogens is 2. The Morgan fingerprint density at radius 3 is 2.57 bits per heavy atom. The Kier molecular flexibility index (Phi) is 7.27. The van der Waals surface area contributed by atoms with Gasteiger partial charge >= 0.3 is 0 Å². The molecular formula is C19H30N8S. The minimum atomic E-state index is 0.255. The molecule has 1 aromatic heterocycles. The van der Waals surface area contributed by atoms with Gasteiger partial charge in [0.25, 0.3) is 0 Å². The van der Waals surface area contributed by atoms with Gasteiger partial charge in [0, 0.05) is 50.9 Å². The maximum Gasteiger partial charge on any atom is 0.170 e. The maximum absolute atomic E-state index is 7.71. The SMILES string of the molecule is C=Nn1c(N2CCCCC2)c(/C(C=N)=C/N)nc/c1=N/C1CCN(SC)CC1. The number of nitrogens with zero attached hydrogens (tertiary/aromatic N) is 6. The van der Waals surface area contributed by atoms with Crippen LogP contribution in [0.1, 0.15) is 37.8 Å². The van der Waals surface area contributed by atoms with Gasteiger partial charge in [0.15, 0.2) is 11.3 Å². The summed E-state index contributed by atoms with van der Waals surface area (Å²) in [5.74, 6) is 0.831. The molecule has 9 heteroatoms. The van der Waals surface area contributed by atoms with Gasteiger partial charge < -0.3 is 16.0 Å². The van der Waals surface area contributed by atoms with Gasteiger partial charge in [-0.25, -0.2) is 4.98 Å². The Morgan fingerprint density at radius 1 is 1.29 bits per heavy atom. The summed E-state index contributed by atoms with van der Waals surface area (Å²) in [6, 6.07) is 0.255. The number of anilines is 1. The van der Waals surface area contributed by atoms with Crippen LogP contribution in [0.2, 0.25) is 0 Å². The van der Waals surface area contributed by atoms with E-state index in [9.17, 15) is 0 Å². The summed E-state index contributed by atoms with van der Waals surface area (Å²) < 4.78 is 4.15. The average molecular weight is 403 g/mol. The number of hydrogen-bond acceptors (Lipinski definition) is 8. The highest BCUT2D eigenvalue weighted by Crippen LogP contribution is 2.26. The highest BCUT2D eigenvalue weighted by atomic mass is 32.2. The van der Waals surface area contributed by atoms with Crippen molar-refractivity contribution >= 4 is 36.3 Å². The molecule has 0 unspecified atom stereocenters. The molecule has 0 radical (unpaired) electrons. The van der Waals surface area contributed by atoms with Crippen molar-refractivity contribution in [1.82, 2.24) is 14.0 Å². The molecule has 8 nitrogen and oxygen atoms in total. The first-order chi connectivity index (χ1) is 13.7. The van der Waals surface area contributed by atoms with Crippen LogP contribution in [-0.4, -0.2) is 65.4 Å². The van der Waals surface area contributed by atoms with Crippen LogP contribution in [0.3, 0.4) is 0 Å². The predicted octanol–water partition coefficient (Wildman–Crippen LogP) is 1.93. The smallest absolute Gasteiger partial charge is 0.170 e. The third-order valence-electron chi connectivity index (χ3n) is 5.34. The minimum absolute atomic E-state index is 0.255. The van der Waals surface area contributed by atoms with E-state index in [-0.39, 0.29) is 6.04 Å². The van der Waals surface area contributed by atoms with Crippen LogP contribution >= 0.6 is 11.9 Å². The highest BCUT2D eigenvalue weighted by molar-refractivity contribution is 7.96. The van der Waals surface area contributed by atoms with Crippen molar-refractivity contribution in [1.29, 1.82) is 5.41 Å². The fraction of sp³-hybridized carbons (Fsp3) is 0.579. The average Bonchev–Trinajstić information content (AvgIpc) is 2.76. The third-order valence-corrected chi connectivity index (χ3v) is 6.22. The Labute approximate surface area is 170 Å². The van der Waals surface area contributed by atoms with Gasteiger partial charge in [-0.15, -0.1) is 0 Å². The van der Waals surface area contributed by atoms with Crippen molar-refractivity contribution in [2.24, 2.45) is 15.8 Å². The van der Waals surface area contributed by atoms with Crippen molar-refractivity contribution in [3.05, 3.63) is 23.6 Å². The zero-order chi connectivity index (χ0) is 19.9. The van der Waals surface area contributed by atoms with E-state index in [1.807, 2.05) is 0 Å². The van der Waals surface area contributed by atoms with Crippen LogP contribution in [0.15, 0.2) is 22.5 Å².